The van der Waals surface area contributed by atoms with E-state index in [-0.39, 0.29) is 17.0 Å². The molecular weight excluding hydrogens is 253 g/mol. The van der Waals surface area contributed by atoms with E-state index in [9.17, 15) is 13.2 Å². The lowest BCUT2D eigenvalue weighted by Crippen LogP contribution is -2.35. The molecule has 1 unspecified atom stereocenters. The SMILES string of the molecule is CCNC(c1cnccc1C(F)(F)F)C(C)(C)CC. The molecule has 0 bridgehead atoms. The minimum Gasteiger partial charge on any atom is -0.310 e. The molecule has 1 atom stereocenters. The van der Waals surface area contributed by atoms with Crippen molar-refractivity contribution in [1.82, 2.24) is 10.3 Å². The van der Waals surface area contributed by atoms with Crippen molar-refractivity contribution < 1.29 is 13.2 Å². The second-order valence-corrected chi connectivity index (χ2v) is 5.29. The van der Waals surface area contributed by atoms with Gasteiger partial charge in [0.2, 0.25) is 0 Å². The number of nitrogens with one attached hydrogen (secondary N) is 1. The number of hydrogen-bond acceptors (Lipinski definition) is 2. The van der Waals surface area contributed by atoms with Crippen molar-refractivity contribution in [2.45, 2.75) is 46.3 Å². The summed E-state index contributed by atoms with van der Waals surface area (Å²) in [6.45, 7) is 8.41. The minimum atomic E-state index is -4.35. The van der Waals surface area contributed by atoms with Crippen molar-refractivity contribution in [3.8, 4) is 0 Å². The van der Waals surface area contributed by atoms with Crippen LogP contribution >= 0.6 is 0 Å². The average molecular weight is 274 g/mol. The molecule has 1 aromatic rings. The van der Waals surface area contributed by atoms with Gasteiger partial charge in [0.1, 0.15) is 0 Å². The number of hydrogen-bond donors (Lipinski definition) is 1. The number of alkyl halides is 3. The van der Waals surface area contributed by atoms with Crippen LogP contribution in [0.15, 0.2) is 18.5 Å². The van der Waals surface area contributed by atoms with E-state index in [4.69, 9.17) is 0 Å². The Bertz CT molecular complexity index is 413. The van der Waals surface area contributed by atoms with Gasteiger partial charge in [-0.2, -0.15) is 13.2 Å². The topological polar surface area (TPSA) is 24.9 Å². The van der Waals surface area contributed by atoms with Crippen LogP contribution in [0.25, 0.3) is 0 Å². The molecule has 5 heteroatoms. The summed E-state index contributed by atoms with van der Waals surface area (Å²) in [5.74, 6) is 0. The van der Waals surface area contributed by atoms with E-state index >= 15 is 0 Å². The van der Waals surface area contributed by atoms with Crippen LogP contribution in [0.3, 0.4) is 0 Å². The van der Waals surface area contributed by atoms with Crippen LogP contribution in [-0.4, -0.2) is 11.5 Å². The van der Waals surface area contributed by atoms with Crippen LogP contribution in [-0.2, 0) is 6.18 Å². The molecule has 0 saturated carbocycles. The van der Waals surface area contributed by atoms with Gasteiger partial charge in [0.15, 0.2) is 0 Å². The van der Waals surface area contributed by atoms with Gasteiger partial charge in [-0.05, 0) is 24.4 Å². The van der Waals surface area contributed by atoms with Gasteiger partial charge in [0.05, 0.1) is 5.56 Å². The van der Waals surface area contributed by atoms with Gasteiger partial charge in [-0.3, -0.25) is 4.98 Å². The van der Waals surface area contributed by atoms with E-state index in [2.05, 4.69) is 10.3 Å². The van der Waals surface area contributed by atoms with Gasteiger partial charge < -0.3 is 5.32 Å². The maximum Gasteiger partial charge on any atom is 0.416 e. The highest BCUT2D eigenvalue weighted by Crippen LogP contribution is 2.41. The molecule has 19 heavy (non-hydrogen) atoms. The fourth-order valence-electron chi connectivity index (χ4n) is 2.11. The summed E-state index contributed by atoms with van der Waals surface area (Å²) < 4.78 is 39.3. The Balaban J connectivity index is 3.31. The minimum absolute atomic E-state index is 0.226. The number of aromatic nitrogens is 1. The molecule has 108 valence electrons. The lowest BCUT2D eigenvalue weighted by molar-refractivity contribution is -0.138. The first kappa shape index (κ1) is 16.0. The van der Waals surface area contributed by atoms with Crippen LogP contribution in [0.4, 0.5) is 13.2 Å². The maximum atomic E-state index is 13.1. The summed E-state index contributed by atoms with van der Waals surface area (Å²) in [7, 11) is 0. The van der Waals surface area contributed by atoms with Crippen molar-refractivity contribution in [2.24, 2.45) is 5.41 Å². The molecule has 0 aliphatic heterocycles. The van der Waals surface area contributed by atoms with Gasteiger partial charge in [-0.1, -0.05) is 27.7 Å². The number of rotatable bonds is 5. The predicted octanol–water partition coefficient (Wildman–Crippen LogP) is 4.19. The monoisotopic (exact) mass is 274 g/mol. The highest BCUT2D eigenvalue weighted by Gasteiger charge is 2.38. The van der Waals surface area contributed by atoms with Crippen molar-refractivity contribution in [3.05, 3.63) is 29.6 Å². The maximum absolute atomic E-state index is 13.1. The second-order valence-electron chi connectivity index (χ2n) is 5.29. The zero-order chi connectivity index (χ0) is 14.7. The lowest BCUT2D eigenvalue weighted by atomic mass is 9.77. The van der Waals surface area contributed by atoms with Crippen molar-refractivity contribution in [3.63, 3.8) is 0 Å². The number of pyridine rings is 1. The van der Waals surface area contributed by atoms with E-state index in [0.717, 1.165) is 12.5 Å². The summed E-state index contributed by atoms with van der Waals surface area (Å²) in [6, 6.07) is 0.679. The van der Waals surface area contributed by atoms with Crippen LogP contribution in [0.5, 0.6) is 0 Å². The van der Waals surface area contributed by atoms with Gasteiger partial charge in [-0.25, -0.2) is 0 Å². The molecule has 0 saturated heterocycles. The van der Waals surface area contributed by atoms with Crippen molar-refractivity contribution in [1.29, 1.82) is 0 Å². The molecule has 0 fully saturated rings. The molecule has 1 heterocycles. The molecule has 1 rings (SSSR count). The summed E-state index contributed by atoms with van der Waals surface area (Å²) in [5.41, 5.74) is -0.655. The Hall–Kier alpha value is -1.10. The highest BCUT2D eigenvalue weighted by atomic mass is 19.4. The van der Waals surface area contributed by atoms with Gasteiger partial charge in [0.25, 0.3) is 0 Å². The molecule has 0 amide bonds. The standard InChI is InChI=1S/C14H21F3N2/c1-5-13(3,4)12(19-6-2)10-9-18-8-7-11(10)14(15,16)17/h7-9,12,19H,5-6H2,1-4H3. The normalized spacial score (nSPS) is 14.5. The molecule has 0 aromatic carbocycles. The summed E-state index contributed by atoms with van der Waals surface area (Å²) in [5, 5.41) is 3.16. The molecule has 0 spiro atoms. The Kier molecular flexibility index (Phi) is 4.96. The fourth-order valence-corrected chi connectivity index (χ4v) is 2.11. The second kappa shape index (κ2) is 5.90. The first-order chi connectivity index (χ1) is 8.74. The number of halogens is 3. The number of nitrogens with zero attached hydrogens (tertiary/aromatic N) is 1. The molecule has 0 aliphatic carbocycles. The predicted molar refractivity (Wildman–Crippen MR) is 69.7 cm³/mol. The van der Waals surface area contributed by atoms with Crippen LogP contribution in [0.2, 0.25) is 0 Å². The molecule has 2 nitrogen and oxygen atoms in total. The Labute approximate surface area is 112 Å². The summed E-state index contributed by atoms with van der Waals surface area (Å²) >= 11 is 0. The highest BCUT2D eigenvalue weighted by molar-refractivity contribution is 5.30. The summed E-state index contributed by atoms with van der Waals surface area (Å²) in [6.07, 6.45) is -1.06. The molecular formula is C14H21F3N2. The fraction of sp³-hybridized carbons (Fsp3) is 0.643. The Morgan fingerprint density at radius 3 is 2.37 bits per heavy atom. The van der Waals surface area contributed by atoms with Crippen molar-refractivity contribution >= 4 is 0 Å². The Morgan fingerprint density at radius 2 is 1.89 bits per heavy atom. The first-order valence-electron chi connectivity index (χ1n) is 6.48. The van der Waals surface area contributed by atoms with Crippen LogP contribution in [0, 0.1) is 5.41 Å². The lowest BCUT2D eigenvalue weighted by Gasteiger charge is -2.35. The molecule has 1 aromatic heterocycles. The quantitative estimate of drug-likeness (QED) is 0.871. The zero-order valence-electron chi connectivity index (χ0n) is 11.8. The van der Waals surface area contributed by atoms with Gasteiger partial charge in [0, 0.05) is 24.0 Å². The van der Waals surface area contributed by atoms with E-state index in [1.54, 1.807) is 0 Å². The van der Waals surface area contributed by atoms with E-state index in [1.807, 2.05) is 27.7 Å². The molecule has 0 aliphatic rings. The van der Waals surface area contributed by atoms with Crippen molar-refractivity contribution in [2.75, 3.05) is 6.54 Å². The van der Waals surface area contributed by atoms with Gasteiger partial charge >= 0.3 is 6.18 Å². The molecule has 1 N–H and O–H groups in total. The van der Waals surface area contributed by atoms with E-state index < -0.39 is 11.7 Å². The Morgan fingerprint density at radius 1 is 1.26 bits per heavy atom. The molecule has 0 radical (unpaired) electrons. The van der Waals surface area contributed by atoms with Crippen LogP contribution < -0.4 is 5.32 Å². The van der Waals surface area contributed by atoms with Crippen LogP contribution in [0.1, 0.15) is 51.3 Å². The smallest absolute Gasteiger partial charge is 0.310 e. The van der Waals surface area contributed by atoms with E-state index in [1.165, 1.54) is 12.4 Å². The zero-order valence-corrected chi connectivity index (χ0v) is 11.8. The largest absolute Gasteiger partial charge is 0.416 e. The third-order valence-electron chi connectivity index (χ3n) is 3.57. The van der Waals surface area contributed by atoms with E-state index in [0.29, 0.717) is 6.54 Å². The summed E-state index contributed by atoms with van der Waals surface area (Å²) in [4.78, 5) is 3.87. The first-order valence-corrected chi connectivity index (χ1v) is 6.48. The average Bonchev–Trinajstić information content (AvgIpc) is 2.34. The van der Waals surface area contributed by atoms with Gasteiger partial charge in [-0.15, -0.1) is 0 Å². The third-order valence-corrected chi connectivity index (χ3v) is 3.57. The third kappa shape index (κ3) is 3.69.